The molecule has 4 heteroatoms. The molecule has 0 unspecified atom stereocenters. The first-order valence-corrected chi connectivity index (χ1v) is 3.95. The Balaban J connectivity index is 0.000000145. The summed E-state index contributed by atoms with van der Waals surface area (Å²) in [6, 6.07) is 0. The largest absolute Gasteiger partial charge is 0.351 e. The van der Waals surface area contributed by atoms with Gasteiger partial charge in [0.25, 0.3) is 0 Å². The summed E-state index contributed by atoms with van der Waals surface area (Å²) in [5.74, 6) is 0.972. The average molecular weight is 176 g/mol. The fraction of sp³-hybridized carbons (Fsp3) is 0.111. The van der Waals surface area contributed by atoms with E-state index >= 15 is 0 Å². The second-order valence-electron chi connectivity index (χ2n) is 2.29. The van der Waals surface area contributed by atoms with Gasteiger partial charge in [-0.15, -0.1) is 6.58 Å². The number of nitrogens with one attached hydrogen (secondary N) is 2. The maximum Gasteiger partial charge on any atom is 0.109 e. The molecule has 2 heterocycles. The van der Waals surface area contributed by atoms with Crippen LogP contribution in [0.2, 0.25) is 0 Å². The molecular formula is C9H12N4. The van der Waals surface area contributed by atoms with Crippen LogP contribution in [0.5, 0.6) is 0 Å². The maximum atomic E-state index is 3.98. The van der Waals surface area contributed by atoms with Gasteiger partial charge in [-0.1, -0.05) is 6.08 Å². The molecule has 2 aromatic rings. The summed E-state index contributed by atoms with van der Waals surface area (Å²) >= 11 is 0. The van der Waals surface area contributed by atoms with Crippen LogP contribution < -0.4 is 0 Å². The minimum atomic E-state index is 0.826. The van der Waals surface area contributed by atoms with Crippen LogP contribution in [0.3, 0.4) is 0 Å². The van der Waals surface area contributed by atoms with E-state index in [1.54, 1.807) is 31.1 Å². The highest BCUT2D eigenvalue weighted by Crippen LogP contribution is 1.88. The zero-order valence-electron chi connectivity index (χ0n) is 7.27. The lowest BCUT2D eigenvalue weighted by Gasteiger charge is -1.82. The second-order valence-corrected chi connectivity index (χ2v) is 2.29. The van der Waals surface area contributed by atoms with Crippen molar-refractivity contribution in [2.45, 2.75) is 6.42 Å². The van der Waals surface area contributed by atoms with Crippen molar-refractivity contribution < 1.29 is 0 Å². The predicted molar refractivity (Wildman–Crippen MR) is 51.1 cm³/mol. The molecule has 13 heavy (non-hydrogen) atoms. The molecule has 0 fully saturated rings. The van der Waals surface area contributed by atoms with Gasteiger partial charge >= 0.3 is 0 Å². The number of hydrogen-bond donors (Lipinski definition) is 2. The summed E-state index contributed by atoms with van der Waals surface area (Å²) in [5.41, 5.74) is 0. The fourth-order valence-electron chi connectivity index (χ4n) is 0.761. The Kier molecular flexibility index (Phi) is 4.10. The van der Waals surface area contributed by atoms with E-state index in [4.69, 9.17) is 0 Å². The highest BCUT2D eigenvalue weighted by molar-refractivity contribution is 4.92. The molecule has 2 N–H and O–H groups in total. The number of hydrogen-bond acceptors (Lipinski definition) is 2. The summed E-state index contributed by atoms with van der Waals surface area (Å²) in [4.78, 5) is 13.4. The zero-order valence-corrected chi connectivity index (χ0v) is 7.27. The van der Waals surface area contributed by atoms with E-state index in [-0.39, 0.29) is 0 Å². The van der Waals surface area contributed by atoms with E-state index in [1.807, 2.05) is 6.08 Å². The molecule has 0 amide bonds. The third-order valence-corrected chi connectivity index (χ3v) is 1.30. The number of imidazole rings is 2. The van der Waals surface area contributed by atoms with Crippen LogP contribution in [-0.2, 0) is 6.42 Å². The molecule has 0 bridgehead atoms. The molecule has 0 saturated carbocycles. The number of aromatic nitrogens is 4. The average Bonchev–Trinajstić information content (AvgIpc) is 2.79. The summed E-state index contributed by atoms with van der Waals surface area (Å²) in [6.45, 7) is 3.58. The smallest absolute Gasteiger partial charge is 0.109 e. The van der Waals surface area contributed by atoms with Crippen LogP contribution in [0.4, 0.5) is 0 Å². The standard InChI is InChI=1S/C6H8N2.C3H4N2/c1-2-3-6-7-4-5-8-6;1-2-5-3-4-1/h2,4-5H,1,3H2,(H,7,8);1-3H,(H,4,5). The SMILES string of the molecule is C=CCc1ncc[nH]1.c1c[nH]cn1. The van der Waals surface area contributed by atoms with Crippen molar-refractivity contribution in [1.82, 2.24) is 19.9 Å². The van der Waals surface area contributed by atoms with Gasteiger partial charge in [0.2, 0.25) is 0 Å². The van der Waals surface area contributed by atoms with E-state index in [0.29, 0.717) is 0 Å². The van der Waals surface area contributed by atoms with Crippen LogP contribution in [0.15, 0.2) is 43.8 Å². The molecule has 68 valence electrons. The van der Waals surface area contributed by atoms with Gasteiger partial charge in [0.15, 0.2) is 0 Å². The third kappa shape index (κ3) is 3.91. The van der Waals surface area contributed by atoms with Crippen molar-refractivity contribution in [3.8, 4) is 0 Å². The Hall–Kier alpha value is -1.84. The van der Waals surface area contributed by atoms with E-state index in [1.165, 1.54) is 0 Å². The second kappa shape index (κ2) is 5.77. The van der Waals surface area contributed by atoms with Crippen LogP contribution >= 0.6 is 0 Å². The van der Waals surface area contributed by atoms with Crippen LogP contribution in [0, 0.1) is 0 Å². The van der Waals surface area contributed by atoms with E-state index in [2.05, 4.69) is 26.5 Å². The van der Waals surface area contributed by atoms with Crippen LogP contribution in [-0.4, -0.2) is 19.9 Å². The molecule has 0 aliphatic rings. The van der Waals surface area contributed by atoms with Gasteiger partial charge in [-0.05, 0) is 0 Å². The van der Waals surface area contributed by atoms with Crippen molar-refractivity contribution in [2.75, 3.05) is 0 Å². The Morgan fingerprint density at radius 2 is 2.31 bits per heavy atom. The third-order valence-electron chi connectivity index (χ3n) is 1.30. The van der Waals surface area contributed by atoms with E-state index in [9.17, 15) is 0 Å². The Morgan fingerprint density at radius 1 is 1.38 bits per heavy atom. The number of H-pyrrole nitrogens is 2. The Morgan fingerprint density at radius 3 is 2.69 bits per heavy atom. The minimum absolute atomic E-state index is 0.826. The highest BCUT2D eigenvalue weighted by Gasteiger charge is 1.85. The summed E-state index contributed by atoms with van der Waals surface area (Å²) < 4.78 is 0. The topological polar surface area (TPSA) is 57.4 Å². The molecule has 0 radical (unpaired) electrons. The van der Waals surface area contributed by atoms with Crippen LogP contribution in [0.1, 0.15) is 5.82 Å². The van der Waals surface area contributed by atoms with E-state index in [0.717, 1.165) is 12.2 Å². The molecule has 0 aliphatic carbocycles. The first kappa shape index (κ1) is 9.25. The van der Waals surface area contributed by atoms with Gasteiger partial charge in [-0.25, -0.2) is 9.97 Å². The van der Waals surface area contributed by atoms with Crippen LogP contribution in [0.25, 0.3) is 0 Å². The molecular weight excluding hydrogens is 164 g/mol. The first-order chi connectivity index (χ1) is 6.43. The number of nitrogens with zero attached hydrogens (tertiary/aromatic N) is 2. The van der Waals surface area contributed by atoms with Gasteiger partial charge < -0.3 is 9.97 Å². The summed E-state index contributed by atoms with van der Waals surface area (Å²) in [7, 11) is 0. The monoisotopic (exact) mass is 176 g/mol. The molecule has 2 rings (SSSR count). The highest BCUT2D eigenvalue weighted by atomic mass is 14.9. The van der Waals surface area contributed by atoms with Gasteiger partial charge in [-0.2, -0.15) is 0 Å². The van der Waals surface area contributed by atoms with Crippen molar-refractivity contribution in [3.63, 3.8) is 0 Å². The molecule has 0 aromatic carbocycles. The molecule has 0 saturated heterocycles. The number of rotatable bonds is 2. The van der Waals surface area contributed by atoms with Crippen molar-refractivity contribution in [1.29, 1.82) is 0 Å². The normalized spacial score (nSPS) is 8.62. The molecule has 0 atom stereocenters. The molecule has 0 aliphatic heterocycles. The number of allylic oxidation sites excluding steroid dienone is 1. The maximum absolute atomic E-state index is 3.98. The lowest BCUT2D eigenvalue weighted by molar-refractivity contribution is 1.06. The van der Waals surface area contributed by atoms with Crippen molar-refractivity contribution in [3.05, 3.63) is 49.6 Å². The van der Waals surface area contributed by atoms with Crippen molar-refractivity contribution in [2.24, 2.45) is 0 Å². The molecule has 2 aromatic heterocycles. The molecule has 0 spiro atoms. The first-order valence-electron chi connectivity index (χ1n) is 3.95. The van der Waals surface area contributed by atoms with E-state index < -0.39 is 0 Å². The van der Waals surface area contributed by atoms with Crippen molar-refractivity contribution >= 4 is 0 Å². The predicted octanol–water partition coefficient (Wildman–Crippen LogP) is 1.55. The zero-order chi connectivity index (χ0) is 9.36. The summed E-state index contributed by atoms with van der Waals surface area (Å²) in [5, 5.41) is 0. The van der Waals surface area contributed by atoms with Gasteiger partial charge in [0.1, 0.15) is 5.82 Å². The lowest BCUT2D eigenvalue weighted by atomic mass is 10.4. The fourth-order valence-corrected chi connectivity index (χ4v) is 0.761. The summed E-state index contributed by atoms with van der Waals surface area (Å²) in [6.07, 6.45) is 11.3. The lowest BCUT2D eigenvalue weighted by Crippen LogP contribution is -1.80. The quantitative estimate of drug-likeness (QED) is 0.682. The Labute approximate surface area is 76.8 Å². The van der Waals surface area contributed by atoms with Gasteiger partial charge in [0, 0.05) is 31.2 Å². The van der Waals surface area contributed by atoms with Gasteiger partial charge in [-0.3, -0.25) is 0 Å². The molecule has 4 nitrogen and oxygen atoms in total. The minimum Gasteiger partial charge on any atom is -0.351 e. The Bertz CT molecular complexity index is 279. The van der Waals surface area contributed by atoms with Gasteiger partial charge in [0.05, 0.1) is 6.33 Å². The number of aromatic amines is 2.